The number of hydrogen-bond acceptors (Lipinski definition) is 7. The second kappa shape index (κ2) is 6.01. The van der Waals surface area contributed by atoms with Gasteiger partial charge in [0.1, 0.15) is 0 Å². The van der Waals surface area contributed by atoms with Gasteiger partial charge in [0.25, 0.3) is 0 Å². The average molecular weight is 306 g/mol. The van der Waals surface area contributed by atoms with Crippen LogP contribution in [-0.2, 0) is 16.0 Å². The molecule has 3 rings (SSSR count). The van der Waals surface area contributed by atoms with Gasteiger partial charge in [0.05, 0.1) is 18.7 Å². The molecule has 1 aromatic carbocycles. The van der Waals surface area contributed by atoms with E-state index in [4.69, 9.17) is 14.2 Å². The molecule has 21 heavy (non-hydrogen) atoms. The maximum atomic E-state index is 11.4. The van der Waals surface area contributed by atoms with Crippen LogP contribution in [0.2, 0.25) is 0 Å². The summed E-state index contributed by atoms with van der Waals surface area (Å²) in [5, 5.41) is 5.73. The van der Waals surface area contributed by atoms with E-state index < -0.39 is 0 Å². The van der Waals surface area contributed by atoms with E-state index in [0.717, 1.165) is 11.4 Å². The zero-order valence-electron chi connectivity index (χ0n) is 11.4. The second-order valence-corrected chi connectivity index (χ2v) is 5.18. The molecule has 1 aromatic heterocycles. The first kappa shape index (κ1) is 13.7. The van der Waals surface area contributed by atoms with E-state index >= 15 is 0 Å². The number of nitrogens with zero attached hydrogens (tertiary/aromatic N) is 1. The van der Waals surface area contributed by atoms with Crippen molar-refractivity contribution in [3.8, 4) is 11.5 Å². The Morgan fingerprint density at radius 2 is 2.29 bits per heavy atom. The SMILES string of the molecule is CCOC(=O)Cc1csc(Nc2ccc3c(c2)OCO3)n1. The molecule has 0 saturated heterocycles. The van der Waals surface area contributed by atoms with E-state index in [1.165, 1.54) is 11.3 Å². The van der Waals surface area contributed by atoms with Gasteiger partial charge in [-0.25, -0.2) is 4.98 Å². The van der Waals surface area contributed by atoms with Gasteiger partial charge in [-0.2, -0.15) is 0 Å². The molecule has 110 valence electrons. The van der Waals surface area contributed by atoms with Gasteiger partial charge in [-0.05, 0) is 19.1 Å². The van der Waals surface area contributed by atoms with Crippen LogP contribution >= 0.6 is 11.3 Å². The normalized spacial score (nSPS) is 12.2. The number of nitrogens with one attached hydrogen (secondary N) is 1. The fraction of sp³-hybridized carbons (Fsp3) is 0.286. The molecule has 0 spiro atoms. The van der Waals surface area contributed by atoms with Crippen LogP contribution in [0.15, 0.2) is 23.6 Å². The van der Waals surface area contributed by atoms with Crippen LogP contribution in [0.1, 0.15) is 12.6 Å². The van der Waals surface area contributed by atoms with E-state index in [1.54, 1.807) is 6.92 Å². The molecular weight excluding hydrogens is 292 g/mol. The first-order valence-electron chi connectivity index (χ1n) is 6.51. The molecule has 2 aromatic rings. The van der Waals surface area contributed by atoms with Crippen molar-refractivity contribution in [2.75, 3.05) is 18.7 Å². The Kier molecular flexibility index (Phi) is 3.92. The fourth-order valence-electron chi connectivity index (χ4n) is 1.90. The fourth-order valence-corrected chi connectivity index (χ4v) is 2.63. The summed E-state index contributed by atoms with van der Waals surface area (Å²) in [5.74, 6) is 1.18. The van der Waals surface area contributed by atoms with E-state index in [2.05, 4.69) is 10.3 Å². The number of anilines is 2. The number of hydrogen-bond donors (Lipinski definition) is 1. The van der Waals surface area contributed by atoms with Crippen LogP contribution in [0.3, 0.4) is 0 Å². The van der Waals surface area contributed by atoms with Crippen molar-refractivity contribution >= 4 is 28.1 Å². The van der Waals surface area contributed by atoms with Crippen molar-refractivity contribution in [1.29, 1.82) is 0 Å². The van der Waals surface area contributed by atoms with Gasteiger partial charge < -0.3 is 19.5 Å². The summed E-state index contributed by atoms with van der Waals surface area (Å²) in [4.78, 5) is 15.8. The number of fused-ring (bicyclic) bond motifs is 1. The van der Waals surface area contributed by atoms with Crippen molar-refractivity contribution < 1.29 is 19.0 Å². The predicted molar refractivity (Wildman–Crippen MR) is 78.3 cm³/mol. The van der Waals surface area contributed by atoms with Gasteiger partial charge in [-0.3, -0.25) is 4.79 Å². The first-order chi connectivity index (χ1) is 10.2. The number of benzene rings is 1. The molecule has 0 saturated carbocycles. The number of esters is 1. The molecule has 2 heterocycles. The highest BCUT2D eigenvalue weighted by molar-refractivity contribution is 7.13. The minimum atomic E-state index is -0.266. The second-order valence-electron chi connectivity index (χ2n) is 4.32. The molecule has 0 aliphatic carbocycles. The highest BCUT2D eigenvalue weighted by Gasteiger charge is 2.14. The summed E-state index contributed by atoms with van der Waals surface area (Å²) in [6.45, 7) is 2.41. The maximum Gasteiger partial charge on any atom is 0.311 e. The Morgan fingerprint density at radius 1 is 1.43 bits per heavy atom. The average Bonchev–Trinajstić information content (AvgIpc) is 3.08. The highest BCUT2D eigenvalue weighted by atomic mass is 32.1. The van der Waals surface area contributed by atoms with Crippen LogP contribution in [-0.4, -0.2) is 24.4 Å². The van der Waals surface area contributed by atoms with Crippen molar-refractivity contribution in [3.05, 3.63) is 29.3 Å². The quantitative estimate of drug-likeness (QED) is 0.857. The third-order valence-electron chi connectivity index (χ3n) is 2.81. The predicted octanol–water partition coefficient (Wildman–Crippen LogP) is 2.72. The summed E-state index contributed by atoms with van der Waals surface area (Å²) < 4.78 is 15.5. The third kappa shape index (κ3) is 3.25. The maximum absolute atomic E-state index is 11.4. The summed E-state index contributed by atoms with van der Waals surface area (Å²) in [5.41, 5.74) is 1.55. The van der Waals surface area contributed by atoms with Gasteiger partial charge in [0.2, 0.25) is 6.79 Å². The largest absolute Gasteiger partial charge is 0.466 e. The van der Waals surface area contributed by atoms with Crippen molar-refractivity contribution in [2.45, 2.75) is 13.3 Å². The van der Waals surface area contributed by atoms with E-state index in [0.29, 0.717) is 23.2 Å². The van der Waals surface area contributed by atoms with E-state index in [-0.39, 0.29) is 19.2 Å². The zero-order valence-corrected chi connectivity index (χ0v) is 12.2. The summed E-state index contributed by atoms with van der Waals surface area (Å²) in [6.07, 6.45) is 0.188. The monoisotopic (exact) mass is 306 g/mol. The number of carbonyl (C=O) groups excluding carboxylic acids is 1. The molecule has 0 fully saturated rings. The van der Waals surface area contributed by atoms with E-state index in [1.807, 2.05) is 23.6 Å². The van der Waals surface area contributed by atoms with Crippen molar-refractivity contribution in [3.63, 3.8) is 0 Å². The molecule has 0 atom stereocenters. The molecular formula is C14H14N2O4S. The third-order valence-corrected chi connectivity index (χ3v) is 3.61. The Bertz CT molecular complexity index is 656. The van der Waals surface area contributed by atoms with Crippen LogP contribution < -0.4 is 14.8 Å². The topological polar surface area (TPSA) is 69.7 Å². The molecule has 0 radical (unpaired) electrons. The zero-order chi connectivity index (χ0) is 14.7. The summed E-state index contributed by atoms with van der Waals surface area (Å²) in [6, 6.07) is 5.59. The van der Waals surface area contributed by atoms with Crippen LogP contribution in [0.5, 0.6) is 11.5 Å². The Labute approximate surface area is 125 Å². The van der Waals surface area contributed by atoms with Crippen LogP contribution in [0.25, 0.3) is 0 Å². The lowest BCUT2D eigenvalue weighted by atomic mass is 10.3. The Morgan fingerprint density at radius 3 is 3.14 bits per heavy atom. The molecule has 0 bridgehead atoms. The van der Waals surface area contributed by atoms with Gasteiger partial charge in [-0.1, -0.05) is 0 Å². The van der Waals surface area contributed by atoms with E-state index in [9.17, 15) is 4.79 Å². The molecule has 0 amide bonds. The van der Waals surface area contributed by atoms with Gasteiger partial charge in [0.15, 0.2) is 16.6 Å². The highest BCUT2D eigenvalue weighted by Crippen LogP contribution is 2.35. The lowest BCUT2D eigenvalue weighted by Crippen LogP contribution is -2.07. The summed E-state index contributed by atoms with van der Waals surface area (Å²) in [7, 11) is 0. The number of aromatic nitrogens is 1. The van der Waals surface area contributed by atoms with Crippen LogP contribution in [0.4, 0.5) is 10.8 Å². The van der Waals surface area contributed by atoms with Gasteiger partial charge in [0, 0.05) is 17.1 Å². The lowest BCUT2D eigenvalue weighted by Gasteiger charge is -2.03. The molecule has 1 N–H and O–H groups in total. The first-order valence-corrected chi connectivity index (χ1v) is 7.39. The van der Waals surface area contributed by atoms with Crippen molar-refractivity contribution in [1.82, 2.24) is 4.98 Å². The number of ether oxygens (including phenoxy) is 3. The number of carbonyl (C=O) groups is 1. The Balaban J connectivity index is 1.65. The minimum absolute atomic E-state index is 0.188. The smallest absolute Gasteiger partial charge is 0.311 e. The standard InChI is InChI=1S/C14H14N2O4S/c1-2-18-13(17)6-10-7-21-14(16-10)15-9-3-4-11-12(5-9)20-8-19-11/h3-5,7H,2,6,8H2,1H3,(H,15,16). The van der Waals surface area contributed by atoms with Crippen molar-refractivity contribution in [2.24, 2.45) is 0 Å². The molecule has 1 aliphatic heterocycles. The molecule has 6 nitrogen and oxygen atoms in total. The summed E-state index contributed by atoms with van der Waals surface area (Å²) >= 11 is 1.44. The molecule has 7 heteroatoms. The minimum Gasteiger partial charge on any atom is -0.466 e. The molecule has 1 aliphatic rings. The van der Waals surface area contributed by atoms with Gasteiger partial charge >= 0.3 is 5.97 Å². The Hall–Kier alpha value is -2.28. The number of rotatable bonds is 5. The van der Waals surface area contributed by atoms with Crippen LogP contribution in [0, 0.1) is 0 Å². The lowest BCUT2D eigenvalue weighted by molar-refractivity contribution is -0.142. The van der Waals surface area contributed by atoms with Gasteiger partial charge in [-0.15, -0.1) is 11.3 Å². The molecule has 0 unspecified atom stereocenters. The number of thiazole rings is 1.